The molecule has 0 radical (unpaired) electrons. The molecule has 29 heavy (non-hydrogen) atoms. The van der Waals surface area contributed by atoms with E-state index in [9.17, 15) is 14.4 Å². The molecule has 0 aliphatic rings. The predicted molar refractivity (Wildman–Crippen MR) is 115 cm³/mol. The van der Waals surface area contributed by atoms with Gasteiger partial charge in [0.05, 0.1) is 16.1 Å². The van der Waals surface area contributed by atoms with E-state index in [4.69, 9.17) is 0 Å². The number of anilines is 1. The zero-order chi connectivity index (χ0) is 20.5. The van der Waals surface area contributed by atoms with E-state index in [1.807, 2.05) is 41.8 Å². The fraction of sp³-hybridized carbons (Fsp3) is 0.174. The summed E-state index contributed by atoms with van der Waals surface area (Å²) >= 11 is 1.41. The normalized spacial score (nSPS) is 10.3. The molecule has 0 bridgehead atoms. The zero-order valence-electron chi connectivity index (χ0n) is 15.9. The van der Waals surface area contributed by atoms with Gasteiger partial charge < -0.3 is 10.6 Å². The number of para-hydroxylation sites is 1. The van der Waals surface area contributed by atoms with Gasteiger partial charge in [0.1, 0.15) is 0 Å². The first kappa shape index (κ1) is 20.5. The molecule has 1 heterocycles. The van der Waals surface area contributed by atoms with E-state index in [1.165, 1.54) is 11.3 Å². The number of rotatable bonds is 9. The van der Waals surface area contributed by atoms with Gasteiger partial charge in [-0.15, -0.1) is 11.3 Å². The Morgan fingerprint density at radius 3 is 2.34 bits per heavy atom. The lowest BCUT2D eigenvalue weighted by molar-refractivity contribution is -0.116. The van der Waals surface area contributed by atoms with Gasteiger partial charge >= 0.3 is 0 Å². The van der Waals surface area contributed by atoms with Crippen molar-refractivity contribution in [2.24, 2.45) is 0 Å². The molecule has 3 aromatic rings. The minimum Gasteiger partial charge on any atom is -0.348 e. The molecule has 0 aliphatic carbocycles. The summed E-state index contributed by atoms with van der Waals surface area (Å²) < 4.78 is 0. The van der Waals surface area contributed by atoms with Crippen molar-refractivity contribution < 1.29 is 14.4 Å². The molecule has 148 valence electrons. The Morgan fingerprint density at radius 1 is 0.828 bits per heavy atom. The summed E-state index contributed by atoms with van der Waals surface area (Å²) in [5.74, 6) is -0.418. The maximum absolute atomic E-state index is 12.5. The fourth-order valence-corrected chi connectivity index (χ4v) is 3.54. The van der Waals surface area contributed by atoms with Gasteiger partial charge in [0.25, 0.3) is 5.91 Å². The topological polar surface area (TPSA) is 75.3 Å². The highest BCUT2D eigenvalue weighted by atomic mass is 32.1. The molecule has 3 rings (SSSR count). The molecule has 0 aliphatic heterocycles. The first-order valence-electron chi connectivity index (χ1n) is 9.41. The number of ketones is 1. The molecule has 2 amide bonds. The highest BCUT2D eigenvalue weighted by Gasteiger charge is 2.14. The summed E-state index contributed by atoms with van der Waals surface area (Å²) in [4.78, 5) is 37.5. The van der Waals surface area contributed by atoms with Crippen molar-refractivity contribution in [1.29, 1.82) is 0 Å². The van der Waals surface area contributed by atoms with Gasteiger partial charge in [0.2, 0.25) is 5.91 Å². The highest BCUT2D eigenvalue weighted by molar-refractivity contribution is 7.12. The summed E-state index contributed by atoms with van der Waals surface area (Å²) in [6.45, 7) is 0.410. The second-order valence-corrected chi connectivity index (χ2v) is 7.46. The zero-order valence-corrected chi connectivity index (χ0v) is 16.7. The number of benzene rings is 2. The number of thiophene rings is 1. The van der Waals surface area contributed by atoms with Crippen LogP contribution in [-0.4, -0.2) is 17.6 Å². The fourth-order valence-electron chi connectivity index (χ4n) is 2.85. The average Bonchev–Trinajstić information content (AvgIpc) is 3.28. The third kappa shape index (κ3) is 6.12. The Balaban J connectivity index is 1.52. The largest absolute Gasteiger partial charge is 0.348 e. The van der Waals surface area contributed by atoms with Crippen molar-refractivity contribution in [2.45, 2.75) is 25.8 Å². The molecular formula is C23H22N2O3S. The molecule has 0 spiro atoms. The van der Waals surface area contributed by atoms with Gasteiger partial charge in [-0.2, -0.15) is 0 Å². The van der Waals surface area contributed by atoms with Crippen LogP contribution in [0.2, 0.25) is 0 Å². The van der Waals surface area contributed by atoms with E-state index >= 15 is 0 Å². The molecule has 5 nitrogen and oxygen atoms in total. The summed E-state index contributed by atoms with van der Waals surface area (Å²) in [6.07, 6.45) is 1.01. The lowest BCUT2D eigenvalue weighted by Gasteiger charge is -2.11. The van der Waals surface area contributed by atoms with Gasteiger partial charge in [-0.1, -0.05) is 48.5 Å². The van der Waals surface area contributed by atoms with Crippen molar-refractivity contribution in [3.63, 3.8) is 0 Å². The van der Waals surface area contributed by atoms with Crippen molar-refractivity contribution >= 4 is 34.6 Å². The molecule has 0 saturated carbocycles. The SMILES string of the molecule is O=C(CCCC(=O)c1cccs1)Nc1ccccc1C(=O)NCc1ccccc1. The molecule has 0 fully saturated rings. The third-order valence-corrected chi connectivity index (χ3v) is 5.26. The van der Waals surface area contributed by atoms with Crippen LogP contribution in [0.15, 0.2) is 72.1 Å². The van der Waals surface area contributed by atoms with Gasteiger partial charge in [-0.3, -0.25) is 14.4 Å². The van der Waals surface area contributed by atoms with E-state index in [-0.39, 0.29) is 24.0 Å². The van der Waals surface area contributed by atoms with Crippen LogP contribution in [0.1, 0.15) is 44.9 Å². The van der Waals surface area contributed by atoms with E-state index in [2.05, 4.69) is 10.6 Å². The van der Waals surface area contributed by atoms with Crippen LogP contribution in [0.5, 0.6) is 0 Å². The average molecular weight is 407 g/mol. The van der Waals surface area contributed by atoms with Gasteiger partial charge in [-0.25, -0.2) is 0 Å². The number of hydrogen-bond donors (Lipinski definition) is 2. The maximum atomic E-state index is 12.5. The standard InChI is InChI=1S/C23H22N2O3S/c26-20(21-13-7-15-29-21)12-6-14-22(27)25-19-11-5-4-10-18(19)23(28)24-16-17-8-2-1-3-9-17/h1-5,7-11,13,15H,6,12,14,16H2,(H,24,28)(H,25,27). The molecule has 0 unspecified atom stereocenters. The molecule has 0 atom stereocenters. The highest BCUT2D eigenvalue weighted by Crippen LogP contribution is 2.17. The van der Waals surface area contributed by atoms with E-state index in [0.29, 0.717) is 35.5 Å². The Bertz CT molecular complexity index is 969. The van der Waals surface area contributed by atoms with Crippen molar-refractivity contribution in [3.8, 4) is 0 Å². The number of carbonyl (C=O) groups excluding carboxylic acids is 3. The van der Waals surface area contributed by atoms with Crippen LogP contribution in [0.4, 0.5) is 5.69 Å². The number of Topliss-reactive ketones (excluding diaryl/α,β-unsaturated/α-hetero) is 1. The number of amides is 2. The molecule has 2 N–H and O–H groups in total. The van der Waals surface area contributed by atoms with Crippen LogP contribution >= 0.6 is 11.3 Å². The first-order chi connectivity index (χ1) is 14.1. The molecular weight excluding hydrogens is 384 g/mol. The maximum Gasteiger partial charge on any atom is 0.253 e. The number of hydrogen-bond acceptors (Lipinski definition) is 4. The predicted octanol–water partition coefficient (Wildman–Crippen LogP) is 4.67. The van der Waals surface area contributed by atoms with Crippen LogP contribution in [0, 0.1) is 0 Å². The number of nitrogens with one attached hydrogen (secondary N) is 2. The van der Waals surface area contributed by atoms with Gasteiger partial charge in [-0.05, 0) is 35.6 Å². The lowest BCUT2D eigenvalue weighted by atomic mass is 10.1. The minimum atomic E-state index is -0.252. The van der Waals surface area contributed by atoms with Crippen molar-refractivity contribution in [1.82, 2.24) is 5.32 Å². The first-order valence-corrected chi connectivity index (χ1v) is 10.3. The second-order valence-electron chi connectivity index (χ2n) is 6.52. The number of carbonyl (C=O) groups is 3. The molecule has 2 aromatic carbocycles. The van der Waals surface area contributed by atoms with Gasteiger partial charge in [0.15, 0.2) is 5.78 Å². The van der Waals surface area contributed by atoms with E-state index in [0.717, 1.165) is 5.56 Å². The Labute approximate surface area is 173 Å². The Hall–Kier alpha value is -3.25. The summed E-state index contributed by atoms with van der Waals surface area (Å²) in [5.41, 5.74) is 1.87. The van der Waals surface area contributed by atoms with Crippen molar-refractivity contribution in [2.75, 3.05) is 5.32 Å². The van der Waals surface area contributed by atoms with Crippen LogP contribution in [0.25, 0.3) is 0 Å². The third-order valence-electron chi connectivity index (χ3n) is 4.35. The summed E-state index contributed by atoms with van der Waals surface area (Å²) in [6, 6.07) is 20.2. The van der Waals surface area contributed by atoms with E-state index in [1.54, 1.807) is 30.3 Å². The second kappa shape index (κ2) is 10.3. The minimum absolute atomic E-state index is 0.0495. The summed E-state index contributed by atoms with van der Waals surface area (Å²) in [5, 5.41) is 7.52. The molecule has 1 aromatic heterocycles. The van der Waals surface area contributed by atoms with Crippen molar-refractivity contribution in [3.05, 3.63) is 88.1 Å². The molecule has 0 saturated heterocycles. The van der Waals surface area contributed by atoms with Crippen LogP contribution in [-0.2, 0) is 11.3 Å². The van der Waals surface area contributed by atoms with Crippen LogP contribution in [0.3, 0.4) is 0 Å². The lowest BCUT2D eigenvalue weighted by Crippen LogP contribution is -2.24. The Morgan fingerprint density at radius 2 is 1.59 bits per heavy atom. The van der Waals surface area contributed by atoms with E-state index < -0.39 is 0 Å². The Kier molecular flexibility index (Phi) is 7.30. The monoisotopic (exact) mass is 406 g/mol. The quantitative estimate of drug-likeness (QED) is 0.507. The van der Waals surface area contributed by atoms with Crippen LogP contribution < -0.4 is 10.6 Å². The summed E-state index contributed by atoms with van der Waals surface area (Å²) in [7, 11) is 0. The van der Waals surface area contributed by atoms with Gasteiger partial charge in [0, 0.05) is 19.4 Å². The smallest absolute Gasteiger partial charge is 0.253 e. The molecule has 6 heteroatoms.